The molecule has 0 atom stereocenters. The third-order valence-corrected chi connectivity index (χ3v) is 4.28. The van der Waals surface area contributed by atoms with E-state index >= 15 is 0 Å². The molecule has 1 saturated carbocycles. The lowest BCUT2D eigenvalue weighted by molar-refractivity contribution is 0.289. The zero-order chi connectivity index (χ0) is 13.2. The van der Waals surface area contributed by atoms with E-state index in [1.165, 1.54) is 25.7 Å². The van der Waals surface area contributed by atoms with Gasteiger partial charge in [-0.25, -0.2) is 0 Å². The van der Waals surface area contributed by atoms with Crippen molar-refractivity contribution in [1.82, 2.24) is 19.7 Å². The number of pyridine rings is 1. The van der Waals surface area contributed by atoms with Crippen molar-refractivity contribution in [3.05, 3.63) is 29.3 Å². The highest BCUT2D eigenvalue weighted by molar-refractivity contribution is 7.71. The van der Waals surface area contributed by atoms with E-state index in [-0.39, 0.29) is 0 Å². The number of hydrogen-bond donors (Lipinski definition) is 1. The standard InChI is InChI=1S/C14H18N4S/c1-10-2-4-12(5-3-10)18-13(16-17-14(18)19)11-6-8-15-9-7-11/h6-10,12H,2-5H2,1H3,(H,17,19). The first-order valence-electron chi connectivity index (χ1n) is 6.83. The normalized spacial score (nSPS) is 23.4. The van der Waals surface area contributed by atoms with Gasteiger partial charge in [0, 0.05) is 24.0 Å². The van der Waals surface area contributed by atoms with Crippen molar-refractivity contribution in [3.8, 4) is 11.4 Å². The van der Waals surface area contributed by atoms with Crippen LogP contribution in [0.5, 0.6) is 0 Å². The lowest BCUT2D eigenvalue weighted by Gasteiger charge is -2.27. The van der Waals surface area contributed by atoms with Crippen LogP contribution in [0.1, 0.15) is 38.6 Å². The first-order chi connectivity index (χ1) is 9.25. The number of hydrogen-bond acceptors (Lipinski definition) is 3. The number of nitrogens with zero attached hydrogens (tertiary/aromatic N) is 3. The van der Waals surface area contributed by atoms with Gasteiger partial charge in [-0.1, -0.05) is 6.92 Å². The topological polar surface area (TPSA) is 46.5 Å². The van der Waals surface area contributed by atoms with Crippen molar-refractivity contribution >= 4 is 12.2 Å². The van der Waals surface area contributed by atoms with E-state index in [0.29, 0.717) is 6.04 Å². The lowest BCUT2D eigenvalue weighted by atomic mass is 9.87. The minimum atomic E-state index is 0.477. The van der Waals surface area contributed by atoms with Gasteiger partial charge in [0.25, 0.3) is 0 Å². The van der Waals surface area contributed by atoms with Crippen LogP contribution in [0.25, 0.3) is 11.4 Å². The zero-order valence-electron chi connectivity index (χ0n) is 11.0. The summed E-state index contributed by atoms with van der Waals surface area (Å²) in [5.41, 5.74) is 1.07. The molecule has 0 unspecified atom stereocenters. The summed E-state index contributed by atoms with van der Waals surface area (Å²) in [6.45, 7) is 2.33. The third kappa shape index (κ3) is 2.47. The molecule has 2 aromatic heterocycles. The van der Waals surface area contributed by atoms with Crippen LogP contribution in [-0.2, 0) is 0 Å². The molecule has 1 N–H and O–H groups in total. The highest BCUT2D eigenvalue weighted by atomic mass is 32.1. The fourth-order valence-electron chi connectivity index (χ4n) is 2.85. The maximum absolute atomic E-state index is 5.41. The van der Waals surface area contributed by atoms with Crippen LogP contribution in [0.2, 0.25) is 0 Å². The average molecular weight is 274 g/mol. The van der Waals surface area contributed by atoms with Crippen LogP contribution in [-0.4, -0.2) is 19.7 Å². The van der Waals surface area contributed by atoms with Gasteiger partial charge in [0.2, 0.25) is 0 Å². The van der Waals surface area contributed by atoms with Gasteiger partial charge in [0.1, 0.15) is 0 Å². The van der Waals surface area contributed by atoms with Gasteiger partial charge in [-0.05, 0) is 56.0 Å². The van der Waals surface area contributed by atoms with Gasteiger partial charge in [-0.2, -0.15) is 5.10 Å². The van der Waals surface area contributed by atoms with E-state index in [1.807, 2.05) is 12.1 Å². The predicted molar refractivity (Wildman–Crippen MR) is 77.3 cm³/mol. The smallest absolute Gasteiger partial charge is 0.195 e. The Bertz CT molecular complexity index is 593. The molecule has 0 spiro atoms. The SMILES string of the molecule is CC1CCC(n2c(-c3ccncc3)n[nH]c2=S)CC1. The van der Waals surface area contributed by atoms with Crippen molar-refractivity contribution in [2.75, 3.05) is 0 Å². The van der Waals surface area contributed by atoms with Crippen LogP contribution < -0.4 is 0 Å². The summed E-state index contributed by atoms with van der Waals surface area (Å²) >= 11 is 5.41. The van der Waals surface area contributed by atoms with Gasteiger partial charge in [-0.15, -0.1) is 0 Å². The second-order valence-electron chi connectivity index (χ2n) is 5.37. The van der Waals surface area contributed by atoms with Gasteiger partial charge in [0.05, 0.1) is 0 Å². The van der Waals surface area contributed by atoms with Crippen LogP contribution in [0.3, 0.4) is 0 Å². The third-order valence-electron chi connectivity index (χ3n) is 3.99. The molecule has 0 aliphatic heterocycles. The summed E-state index contributed by atoms with van der Waals surface area (Å²) in [4.78, 5) is 4.06. The number of aromatic nitrogens is 4. The summed E-state index contributed by atoms with van der Waals surface area (Å²) in [5.74, 6) is 1.77. The maximum Gasteiger partial charge on any atom is 0.195 e. The molecule has 0 saturated heterocycles. The molecule has 4 nitrogen and oxygen atoms in total. The molecule has 2 aromatic rings. The minimum absolute atomic E-state index is 0.477. The summed E-state index contributed by atoms with van der Waals surface area (Å²) in [6, 6.07) is 4.44. The van der Waals surface area contributed by atoms with Crippen LogP contribution in [0.4, 0.5) is 0 Å². The number of aromatic amines is 1. The molecule has 100 valence electrons. The van der Waals surface area contributed by atoms with E-state index in [4.69, 9.17) is 12.2 Å². The molecule has 19 heavy (non-hydrogen) atoms. The summed E-state index contributed by atoms with van der Waals surface area (Å²) < 4.78 is 2.92. The Hall–Kier alpha value is -1.49. The Labute approximate surface area is 117 Å². The highest BCUT2D eigenvalue weighted by Crippen LogP contribution is 2.34. The molecular formula is C14H18N4S. The van der Waals surface area contributed by atoms with E-state index < -0.39 is 0 Å². The first kappa shape index (κ1) is 12.5. The van der Waals surface area contributed by atoms with Crippen molar-refractivity contribution in [3.63, 3.8) is 0 Å². The highest BCUT2D eigenvalue weighted by Gasteiger charge is 2.23. The predicted octanol–water partition coefficient (Wildman–Crippen LogP) is 3.75. The number of H-pyrrole nitrogens is 1. The van der Waals surface area contributed by atoms with E-state index in [0.717, 1.165) is 22.1 Å². The molecule has 0 radical (unpaired) electrons. The molecular weight excluding hydrogens is 256 g/mol. The molecule has 0 amide bonds. The molecule has 5 heteroatoms. The monoisotopic (exact) mass is 274 g/mol. The maximum atomic E-state index is 5.41. The van der Waals surface area contributed by atoms with E-state index in [9.17, 15) is 0 Å². The van der Waals surface area contributed by atoms with Gasteiger partial charge in [0.15, 0.2) is 10.6 Å². The van der Waals surface area contributed by atoms with Crippen molar-refractivity contribution in [2.24, 2.45) is 5.92 Å². The first-order valence-corrected chi connectivity index (χ1v) is 7.24. The van der Waals surface area contributed by atoms with Crippen molar-refractivity contribution in [2.45, 2.75) is 38.6 Å². The Morgan fingerprint density at radius 3 is 2.58 bits per heavy atom. The van der Waals surface area contributed by atoms with Crippen LogP contribution >= 0.6 is 12.2 Å². The molecule has 1 aliphatic carbocycles. The fourth-order valence-corrected chi connectivity index (χ4v) is 3.13. The molecule has 1 aliphatic rings. The lowest BCUT2D eigenvalue weighted by Crippen LogP contribution is -2.17. The Kier molecular flexibility index (Phi) is 3.46. The fraction of sp³-hybridized carbons (Fsp3) is 0.500. The average Bonchev–Trinajstić information content (AvgIpc) is 2.83. The number of nitrogens with one attached hydrogen (secondary N) is 1. The summed E-state index contributed by atoms with van der Waals surface area (Å²) in [5, 5.41) is 7.34. The van der Waals surface area contributed by atoms with Gasteiger partial charge in [-0.3, -0.25) is 14.6 Å². The second kappa shape index (κ2) is 5.25. The molecule has 3 rings (SSSR count). The summed E-state index contributed by atoms with van der Waals surface area (Å²) in [6.07, 6.45) is 8.50. The zero-order valence-corrected chi connectivity index (χ0v) is 11.9. The number of rotatable bonds is 2. The molecule has 1 fully saturated rings. The molecule has 0 aromatic carbocycles. The van der Waals surface area contributed by atoms with Crippen LogP contribution in [0, 0.1) is 10.7 Å². The Morgan fingerprint density at radius 2 is 1.89 bits per heavy atom. The molecule has 2 heterocycles. The van der Waals surface area contributed by atoms with Gasteiger partial charge >= 0.3 is 0 Å². The van der Waals surface area contributed by atoms with Gasteiger partial charge < -0.3 is 0 Å². The summed E-state index contributed by atoms with van der Waals surface area (Å²) in [7, 11) is 0. The Morgan fingerprint density at radius 1 is 1.21 bits per heavy atom. The van der Waals surface area contributed by atoms with Crippen molar-refractivity contribution < 1.29 is 0 Å². The Balaban J connectivity index is 1.98. The van der Waals surface area contributed by atoms with Crippen molar-refractivity contribution in [1.29, 1.82) is 0 Å². The van der Waals surface area contributed by atoms with E-state index in [2.05, 4.69) is 26.7 Å². The molecule has 0 bridgehead atoms. The largest absolute Gasteiger partial charge is 0.297 e. The van der Waals surface area contributed by atoms with Crippen LogP contribution in [0.15, 0.2) is 24.5 Å². The second-order valence-corrected chi connectivity index (χ2v) is 5.76. The van der Waals surface area contributed by atoms with E-state index in [1.54, 1.807) is 12.4 Å². The quantitative estimate of drug-likeness (QED) is 0.848. The minimum Gasteiger partial charge on any atom is -0.297 e.